The molecule has 1 aliphatic rings. The average molecular weight is 186 g/mol. The van der Waals surface area contributed by atoms with Gasteiger partial charge in [-0.15, -0.1) is 0 Å². The van der Waals surface area contributed by atoms with Crippen LogP contribution in [0.4, 0.5) is 0 Å². The Bertz CT molecular complexity index is 148. The van der Waals surface area contributed by atoms with Gasteiger partial charge in [0.05, 0.1) is 11.7 Å². The average Bonchev–Trinajstić information content (AvgIpc) is 2.04. The standard InChI is InChI=1S/C11H22O2/c1-9(2)8-10(12)11(3)6-4-5-7-13-11/h9-10,12H,4-8H2,1-3H3. The fourth-order valence-corrected chi connectivity index (χ4v) is 1.91. The van der Waals surface area contributed by atoms with Gasteiger partial charge in [-0.1, -0.05) is 13.8 Å². The van der Waals surface area contributed by atoms with Gasteiger partial charge in [0, 0.05) is 6.61 Å². The summed E-state index contributed by atoms with van der Waals surface area (Å²) in [6, 6.07) is 0. The van der Waals surface area contributed by atoms with E-state index in [4.69, 9.17) is 4.74 Å². The van der Waals surface area contributed by atoms with E-state index in [2.05, 4.69) is 13.8 Å². The second-order valence-electron chi connectivity index (χ2n) is 4.76. The van der Waals surface area contributed by atoms with Gasteiger partial charge in [0.2, 0.25) is 0 Å². The number of ether oxygens (including phenoxy) is 1. The summed E-state index contributed by atoms with van der Waals surface area (Å²) in [4.78, 5) is 0. The molecule has 0 spiro atoms. The Balaban J connectivity index is 2.46. The molecule has 0 amide bonds. The van der Waals surface area contributed by atoms with Gasteiger partial charge >= 0.3 is 0 Å². The summed E-state index contributed by atoms with van der Waals surface area (Å²) in [5.41, 5.74) is -0.275. The molecule has 1 heterocycles. The zero-order chi connectivity index (χ0) is 9.90. The quantitative estimate of drug-likeness (QED) is 0.733. The number of hydrogen-bond donors (Lipinski definition) is 1. The van der Waals surface area contributed by atoms with Gasteiger partial charge in [-0.25, -0.2) is 0 Å². The Kier molecular flexibility index (Phi) is 3.74. The maximum Gasteiger partial charge on any atom is 0.0912 e. The van der Waals surface area contributed by atoms with E-state index >= 15 is 0 Å². The highest BCUT2D eigenvalue weighted by atomic mass is 16.5. The first-order chi connectivity index (χ1) is 6.04. The second kappa shape index (κ2) is 4.43. The Morgan fingerprint density at radius 1 is 1.38 bits per heavy atom. The fraction of sp³-hybridized carbons (Fsp3) is 1.00. The van der Waals surface area contributed by atoms with Crippen molar-refractivity contribution < 1.29 is 9.84 Å². The number of aliphatic hydroxyl groups is 1. The lowest BCUT2D eigenvalue weighted by Crippen LogP contribution is -2.45. The summed E-state index contributed by atoms with van der Waals surface area (Å²) in [5, 5.41) is 9.98. The van der Waals surface area contributed by atoms with Crippen molar-refractivity contribution in [1.82, 2.24) is 0 Å². The van der Waals surface area contributed by atoms with Crippen molar-refractivity contribution in [1.29, 1.82) is 0 Å². The van der Waals surface area contributed by atoms with Crippen molar-refractivity contribution in [3.63, 3.8) is 0 Å². The summed E-state index contributed by atoms with van der Waals surface area (Å²) in [6.07, 6.45) is 3.88. The number of hydrogen-bond acceptors (Lipinski definition) is 2. The van der Waals surface area contributed by atoms with Gasteiger partial charge in [0.1, 0.15) is 0 Å². The van der Waals surface area contributed by atoms with Crippen molar-refractivity contribution in [2.75, 3.05) is 6.61 Å². The highest BCUT2D eigenvalue weighted by Gasteiger charge is 2.35. The largest absolute Gasteiger partial charge is 0.390 e. The Morgan fingerprint density at radius 3 is 2.54 bits per heavy atom. The van der Waals surface area contributed by atoms with Crippen molar-refractivity contribution in [2.45, 2.75) is 58.2 Å². The van der Waals surface area contributed by atoms with E-state index in [1.54, 1.807) is 0 Å². The van der Waals surface area contributed by atoms with Gasteiger partial charge in [0.25, 0.3) is 0 Å². The molecule has 2 atom stereocenters. The van der Waals surface area contributed by atoms with Crippen LogP contribution in [0.2, 0.25) is 0 Å². The summed E-state index contributed by atoms with van der Waals surface area (Å²) in [5.74, 6) is 0.539. The van der Waals surface area contributed by atoms with Crippen molar-refractivity contribution in [2.24, 2.45) is 5.92 Å². The number of rotatable bonds is 3. The van der Waals surface area contributed by atoms with Crippen LogP contribution in [-0.4, -0.2) is 23.4 Å². The normalized spacial score (nSPS) is 32.1. The first kappa shape index (κ1) is 11.0. The summed E-state index contributed by atoms with van der Waals surface area (Å²) in [7, 11) is 0. The third-order valence-electron chi connectivity index (χ3n) is 2.90. The lowest BCUT2D eigenvalue weighted by Gasteiger charge is -2.38. The molecule has 0 radical (unpaired) electrons. The van der Waals surface area contributed by atoms with Crippen molar-refractivity contribution >= 4 is 0 Å². The fourth-order valence-electron chi connectivity index (χ4n) is 1.91. The monoisotopic (exact) mass is 186 g/mol. The molecule has 0 aromatic carbocycles. The Labute approximate surface area is 81.3 Å². The molecule has 1 N–H and O–H groups in total. The third kappa shape index (κ3) is 2.96. The van der Waals surface area contributed by atoms with Crippen molar-refractivity contribution in [3.8, 4) is 0 Å². The maximum atomic E-state index is 9.98. The lowest BCUT2D eigenvalue weighted by atomic mass is 9.86. The van der Waals surface area contributed by atoms with Crippen molar-refractivity contribution in [3.05, 3.63) is 0 Å². The van der Waals surface area contributed by atoms with Gasteiger partial charge < -0.3 is 9.84 Å². The molecule has 2 nitrogen and oxygen atoms in total. The van der Waals surface area contributed by atoms with Gasteiger partial charge in [-0.05, 0) is 38.5 Å². The number of aliphatic hydroxyl groups excluding tert-OH is 1. The molecule has 1 saturated heterocycles. The lowest BCUT2D eigenvalue weighted by molar-refractivity contribution is -0.140. The van der Waals surface area contributed by atoms with E-state index in [0.717, 1.165) is 25.9 Å². The molecule has 1 rings (SSSR count). The topological polar surface area (TPSA) is 29.5 Å². The van der Waals surface area contributed by atoms with Gasteiger partial charge in [0.15, 0.2) is 0 Å². The van der Waals surface area contributed by atoms with Crippen LogP contribution >= 0.6 is 0 Å². The van der Waals surface area contributed by atoms with E-state index in [9.17, 15) is 5.11 Å². The molecule has 78 valence electrons. The summed E-state index contributed by atoms with van der Waals surface area (Å²) < 4.78 is 5.68. The van der Waals surface area contributed by atoms with E-state index < -0.39 is 0 Å². The molecule has 0 saturated carbocycles. The predicted octanol–water partition coefficient (Wildman–Crippen LogP) is 2.35. The molecule has 13 heavy (non-hydrogen) atoms. The summed E-state index contributed by atoms with van der Waals surface area (Å²) in [6.45, 7) is 7.12. The van der Waals surface area contributed by atoms with Crippen LogP contribution in [0.25, 0.3) is 0 Å². The maximum absolute atomic E-state index is 9.98. The predicted molar refractivity (Wildman–Crippen MR) is 53.7 cm³/mol. The molecule has 2 unspecified atom stereocenters. The van der Waals surface area contributed by atoms with E-state index in [0.29, 0.717) is 5.92 Å². The minimum atomic E-state index is -0.298. The van der Waals surface area contributed by atoms with Crippen LogP contribution < -0.4 is 0 Å². The molecule has 0 aromatic heterocycles. The Hall–Kier alpha value is -0.0800. The molecule has 0 aliphatic carbocycles. The van der Waals surface area contributed by atoms with E-state index in [1.807, 2.05) is 6.92 Å². The van der Waals surface area contributed by atoms with Crippen LogP contribution in [0.3, 0.4) is 0 Å². The van der Waals surface area contributed by atoms with Crippen LogP contribution in [0.5, 0.6) is 0 Å². The molecular formula is C11H22O2. The van der Waals surface area contributed by atoms with E-state index in [1.165, 1.54) is 6.42 Å². The first-order valence-corrected chi connectivity index (χ1v) is 5.36. The van der Waals surface area contributed by atoms with Crippen LogP contribution in [0.15, 0.2) is 0 Å². The second-order valence-corrected chi connectivity index (χ2v) is 4.76. The highest BCUT2D eigenvalue weighted by Crippen LogP contribution is 2.30. The molecular weight excluding hydrogens is 164 g/mol. The zero-order valence-corrected chi connectivity index (χ0v) is 9.05. The third-order valence-corrected chi connectivity index (χ3v) is 2.90. The SMILES string of the molecule is CC(C)CC(O)C1(C)CCCCO1. The van der Waals surface area contributed by atoms with Crippen LogP contribution in [0.1, 0.15) is 46.5 Å². The van der Waals surface area contributed by atoms with E-state index in [-0.39, 0.29) is 11.7 Å². The van der Waals surface area contributed by atoms with Crippen LogP contribution in [-0.2, 0) is 4.74 Å². The molecule has 1 fully saturated rings. The summed E-state index contributed by atoms with van der Waals surface area (Å²) >= 11 is 0. The first-order valence-electron chi connectivity index (χ1n) is 5.36. The molecule has 2 heteroatoms. The zero-order valence-electron chi connectivity index (χ0n) is 9.05. The smallest absolute Gasteiger partial charge is 0.0912 e. The molecule has 1 aliphatic heterocycles. The minimum absolute atomic E-state index is 0.275. The molecule has 0 aromatic rings. The minimum Gasteiger partial charge on any atom is -0.390 e. The highest BCUT2D eigenvalue weighted by molar-refractivity contribution is 4.86. The molecule has 0 bridgehead atoms. The van der Waals surface area contributed by atoms with Gasteiger partial charge in [-0.3, -0.25) is 0 Å². The van der Waals surface area contributed by atoms with Crippen LogP contribution in [0, 0.1) is 5.92 Å². The van der Waals surface area contributed by atoms with Gasteiger partial charge in [-0.2, -0.15) is 0 Å². The Morgan fingerprint density at radius 2 is 2.08 bits per heavy atom.